The Morgan fingerprint density at radius 2 is 2.12 bits per heavy atom. The number of rotatable bonds is 2. The van der Waals surface area contributed by atoms with Crippen molar-refractivity contribution in [3.8, 4) is 9.88 Å². The van der Waals surface area contributed by atoms with Crippen molar-refractivity contribution in [2.45, 2.75) is 18.4 Å². The fourth-order valence-electron chi connectivity index (χ4n) is 3.65. The van der Waals surface area contributed by atoms with Crippen LogP contribution < -0.4 is 5.32 Å². The molecular formula is C18H15N3O3S2. The highest BCUT2D eigenvalue weighted by molar-refractivity contribution is 7.22. The van der Waals surface area contributed by atoms with Gasteiger partial charge in [0.15, 0.2) is 5.76 Å². The van der Waals surface area contributed by atoms with Gasteiger partial charge in [0.25, 0.3) is 11.8 Å². The first-order chi connectivity index (χ1) is 12.7. The summed E-state index contributed by atoms with van der Waals surface area (Å²) in [6, 6.07) is 7.40. The number of hydrogen-bond donors (Lipinski definition) is 1. The highest BCUT2D eigenvalue weighted by Crippen LogP contribution is 2.44. The Labute approximate surface area is 157 Å². The monoisotopic (exact) mass is 385 g/mol. The van der Waals surface area contributed by atoms with E-state index >= 15 is 0 Å². The van der Waals surface area contributed by atoms with Crippen LogP contribution in [0.3, 0.4) is 0 Å². The molecule has 3 aromatic rings. The van der Waals surface area contributed by atoms with E-state index in [-0.39, 0.29) is 11.8 Å². The van der Waals surface area contributed by atoms with E-state index in [1.54, 1.807) is 28.4 Å². The zero-order valence-electron chi connectivity index (χ0n) is 13.7. The molecule has 1 N–H and O–H groups in total. The number of fused-ring (bicyclic) bond motifs is 2. The first kappa shape index (κ1) is 15.8. The van der Waals surface area contributed by atoms with Crippen LogP contribution in [0.4, 0.5) is 0 Å². The van der Waals surface area contributed by atoms with E-state index in [0.717, 1.165) is 15.6 Å². The Morgan fingerprint density at radius 3 is 2.81 bits per heavy atom. The van der Waals surface area contributed by atoms with E-state index in [1.807, 2.05) is 17.5 Å². The van der Waals surface area contributed by atoms with Crippen molar-refractivity contribution in [2.24, 2.45) is 0 Å². The molecule has 0 aliphatic carbocycles. The van der Waals surface area contributed by atoms with Gasteiger partial charge in [0, 0.05) is 13.1 Å². The molecule has 132 valence electrons. The number of amides is 2. The van der Waals surface area contributed by atoms with Gasteiger partial charge in [0.1, 0.15) is 9.88 Å². The third kappa shape index (κ3) is 2.33. The van der Waals surface area contributed by atoms with E-state index in [2.05, 4.69) is 5.32 Å². The molecule has 0 unspecified atom stereocenters. The normalized spacial score (nSPS) is 18.2. The highest BCUT2D eigenvalue weighted by Gasteiger charge is 2.48. The molecule has 5 rings (SSSR count). The molecule has 2 aliphatic heterocycles. The Kier molecular flexibility index (Phi) is 3.51. The van der Waals surface area contributed by atoms with Gasteiger partial charge in [-0.3, -0.25) is 9.59 Å². The molecule has 1 fully saturated rings. The zero-order valence-corrected chi connectivity index (χ0v) is 15.4. The van der Waals surface area contributed by atoms with Crippen molar-refractivity contribution in [1.82, 2.24) is 15.2 Å². The minimum absolute atomic E-state index is 0.0499. The lowest BCUT2D eigenvalue weighted by Crippen LogP contribution is -2.50. The zero-order chi connectivity index (χ0) is 17.7. The lowest BCUT2D eigenvalue weighted by atomic mass is 9.86. The first-order valence-corrected chi connectivity index (χ1v) is 10.1. The van der Waals surface area contributed by atoms with Crippen molar-refractivity contribution < 1.29 is 14.0 Å². The van der Waals surface area contributed by atoms with Crippen LogP contribution in [0.25, 0.3) is 9.88 Å². The van der Waals surface area contributed by atoms with Crippen molar-refractivity contribution >= 4 is 34.5 Å². The number of nitrogens with zero attached hydrogens (tertiary/aromatic N) is 2. The van der Waals surface area contributed by atoms with E-state index in [9.17, 15) is 9.59 Å². The minimum atomic E-state index is -0.460. The molecule has 5 heterocycles. The lowest BCUT2D eigenvalue weighted by Gasteiger charge is -2.38. The molecule has 1 spiro atoms. The van der Waals surface area contributed by atoms with Crippen molar-refractivity contribution in [3.05, 3.63) is 52.2 Å². The summed E-state index contributed by atoms with van der Waals surface area (Å²) < 4.78 is 5.21. The molecule has 8 heteroatoms. The van der Waals surface area contributed by atoms with Crippen LogP contribution >= 0.6 is 22.7 Å². The molecular weight excluding hydrogens is 370 g/mol. The summed E-state index contributed by atoms with van der Waals surface area (Å²) in [4.78, 5) is 33.3. The molecule has 1 saturated heterocycles. The van der Waals surface area contributed by atoms with Crippen LogP contribution in [-0.4, -0.2) is 34.8 Å². The van der Waals surface area contributed by atoms with E-state index in [4.69, 9.17) is 9.40 Å². The number of aromatic nitrogens is 1. The number of furan rings is 1. The average molecular weight is 385 g/mol. The van der Waals surface area contributed by atoms with E-state index in [0.29, 0.717) is 36.6 Å². The maximum atomic E-state index is 12.5. The number of thiophene rings is 1. The lowest BCUT2D eigenvalue weighted by molar-refractivity contribution is 0.0603. The molecule has 2 amide bonds. The SMILES string of the molecule is O=C1NC2(CCN(C(=O)c3ccco3)CC2)c2nc(-c3cccs3)sc21. The third-order valence-corrected chi connectivity index (χ3v) is 7.10. The van der Waals surface area contributed by atoms with Crippen LogP contribution in [0.2, 0.25) is 0 Å². The van der Waals surface area contributed by atoms with E-state index in [1.165, 1.54) is 17.6 Å². The first-order valence-electron chi connectivity index (χ1n) is 8.37. The quantitative estimate of drug-likeness (QED) is 0.734. The standard InChI is InChI=1S/C18H15N3O3S2/c22-15-13-14(19-16(26-13)12-4-2-10-25-12)18(20-15)5-7-21(8-6-18)17(23)11-3-1-9-24-11/h1-4,9-10H,5-8H2,(H,20,22). The summed E-state index contributed by atoms with van der Waals surface area (Å²) in [7, 11) is 0. The average Bonchev–Trinajstić information content (AvgIpc) is 3.44. The number of carbonyl (C=O) groups excluding carboxylic acids is 2. The molecule has 26 heavy (non-hydrogen) atoms. The van der Waals surface area contributed by atoms with Crippen LogP contribution in [-0.2, 0) is 5.54 Å². The van der Waals surface area contributed by atoms with Crippen LogP contribution in [0, 0.1) is 0 Å². The number of piperidine rings is 1. The highest BCUT2D eigenvalue weighted by atomic mass is 32.1. The van der Waals surface area contributed by atoms with E-state index < -0.39 is 5.54 Å². The second-order valence-electron chi connectivity index (χ2n) is 6.48. The van der Waals surface area contributed by atoms with Crippen molar-refractivity contribution in [1.29, 1.82) is 0 Å². The maximum Gasteiger partial charge on any atom is 0.289 e. The summed E-state index contributed by atoms with van der Waals surface area (Å²) in [5.41, 5.74) is 0.388. The Balaban J connectivity index is 1.41. The second-order valence-corrected chi connectivity index (χ2v) is 8.43. The molecule has 0 bridgehead atoms. The number of thiazole rings is 1. The summed E-state index contributed by atoms with van der Waals surface area (Å²) in [5.74, 6) is 0.198. The molecule has 2 aliphatic rings. The molecule has 3 aromatic heterocycles. The molecule has 0 atom stereocenters. The smallest absolute Gasteiger partial charge is 0.289 e. The fourth-order valence-corrected chi connectivity index (χ4v) is 5.50. The van der Waals surface area contributed by atoms with Crippen molar-refractivity contribution in [2.75, 3.05) is 13.1 Å². The summed E-state index contributed by atoms with van der Waals surface area (Å²) in [5, 5.41) is 6.04. The predicted octanol–water partition coefficient (Wildman–Crippen LogP) is 3.34. The number of nitrogens with one attached hydrogen (secondary N) is 1. The third-order valence-electron chi connectivity index (χ3n) is 5.01. The van der Waals surface area contributed by atoms with Gasteiger partial charge < -0.3 is 14.6 Å². The summed E-state index contributed by atoms with van der Waals surface area (Å²) in [6.45, 7) is 1.12. The Bertz CT molecular complexity index is 968. The summed E-state index contributed by atoms with van der Waals surface area (Å²) in [6.07, 6.45) is 2.82. The second kappa shape index (κ2) is 5.78. The van der Waals surface area contributed by atoms with Gasteiger partial charge in [-0.1, -0.05) is 6.07 Å². The number of carbonyl (C=O) groups is 2. The molecule has 0 radical (unpaired) electrons. The Hall–Kier alpha value is -2.45. The maximum absolute atomic E-state index is 12.5. The largest absolute Gasteiger partial charge is 0.459 e. The van der Waals surface area contributed by atoms with Gasteiger partial charge in [0.2, 0.25) is 0 Å². The van der Waals surface area contributed by atoms with Gasteiger partial charge in [-0.2, -0.15) is 0 Å². The molecule has 0 saturated carbocycles. The predicted molar refractivity (Wildman–Crippen MR) is 98.4 cm³/mol. The number of hydrogen-bond acceptors (Lipinski definition) is 6. The van der Waals surface area contributed by atoms with Gasteiger partial charge in [0.05, 0.1) is 22.4 Å². The van der Waals surface area contributed by atoms with Crippen molar-refractivity contribution in [3.63, 3.8) is 0 Å². The summed E-state index contributed by atoms with van der Waals surface area (Å²) >= 11 is 3.08. The van der Waals surface area contributed by atoms with Gasteiger partial charge in [-0.05, 0) is 36.4 Å². The topological polar surface area (TPSA) is 75.4 Å². The fraction of sp³-hybridized carbons (Fsp3) is 0.278. The number of likely N-dealkylation sites (tertiary alicyclic amines) is 1. The molecule has 0 aromatic carbocycles. The molecule has 6 nitrogen and oxygen atoms in total. The Morgan fingerprint density at radius 1 is 1.27 bits per heavy atom. The van der Waals surface area contributed by atoms with Gasteiger partial charge >= 0.3 is 0 Å². The van der Waals surface area contributed by atoms with Crippen LogP contribution in [0.5, 0.6) is 0 Å². The van der Waals surface area contributed by atoms with Crippen LogP contribution in [0.15, 0.2) is 40.3 Å². The van der Waals surface area contributed by atoms with Crippen LogP contribution in [0.1, 0.15) is 38.8 Å². The minimum Gasteiger partial charge on any atom is -0.459 e. The van der Waals surface area contributed by atoms with Gasteiger partial charge in [-0.25, -0.2) is 4.98 Å². The van der Waals surface area contributed by atoms with Gasteiger partial charge in [-0.15, -0.1) is 22.7 Å².